The molecule has 2 aliphatic heterocycles. The summed E-state index contributed by atoms with van der Waals surface area (Å²) in [7, 11) is 0. The number of halogens is 3. The number of nitrogens with zero attached hydrogens (tertiary/aromatic N) is 1. The summed E-state index contributed by atoms with van der Waals surface area (Å²) in [6.45, 7) is 0.642. The highest BCUT2D eigenvalue weighted by Gasteiger charge is 2.40. The second-order valence-corrected chi connectivity index (χ2v) is 6.75. The number of carbonyl (C=O) groups excluding carboxylic acids is 1. The molecule has 0 aromatic heterocycles. The van der Waals surface area contributed by atoms with Gasteiger partial charge in [0.1, 0.15) is 0 Å². The van der Waals surface area contributed by atoms with Gasteiger partial charge < -0.3 is 9.64 Å². The van der Waals surface area contributed by atoms with E-state index in [9.17, 15) is 18.0 Å². The minimum atomic E-state index is -4.48. The average molecular weight is 385 g/mol. The lowest BCUT2D eigenvalue weighted by molar-refractivity contribution is -0.137. The Balaban J connectivity index is 1.81. The van der Waals surface area contributed by atoms with Crippen LogP contribution in [0.1, 0.15) is 35.6 Å². The van der Waals surface area contributed by atoms with Gasteiger partial charge in [0.25, 0.3) is 0 Å². The highest BCUT2D eigenvalue weighted by Crippen LogP contribution is 2.41. The van der Waals surface area contributed by atoms with Crippen molar-refractivity contribution in [2.75, 3.05) is 6.54 Å². The van der Waals surface area contributed by atoms with E-state index in [1.807, 2.05) is 18.3 Å². The van der Waals surface area contributed by atoms with Crippen molar-refractivity contribution >= 4 is 11.4 Å². The SMILES string of the molecule is O=C1C(c2cccc(C(F)(F)F)c2)=C(N2C=CCCC2)OC1c1ccccc1. The first-order valence-corrected chi connectivity index (χ1v) is 9.06. The standard InChI is InChI=1S/C22H18F3NO2/c23-22(24,25)17-11-7-10-16(14-17)18-19(27)20(15-8-3-1-4-9-15)28-21(18)26-12-5-2-6-13-26/h1,3-5,7-12,14,20H,2,6,13H2. The van der Waals surface area contributed by atoms with Crippen LogP contribution in [0.2, 0.25) is 0 Å². The number of ether oxygens (including phenoxy) is 1. The summed E-state index contributed by atoms with van der Waals surface area (Å²) in [6.07, 6.45) is 0.235. The number of carbonyl (C=O) groups is 1. The normalized spacial score (nSPS) is 19.9. The fraction of sp³-hybridized carbons (Fsp3) is 0.227. The first-order chi connectivity index (χ1) is 13.4. The van der Waals surface area contributed by atoms with Crippen LogP contribution in [0.3, 0.4) is 0 Å². The Morgan fingerprint density at radius 3 is 2.50 bits per heavy atom. The van der Waals surface area contributed by atoms with E-state index in [4.69, 9.17) is 4.74 Å². The fourth-order valence-corrected chi connectivity index (χ4v) is 3.46. The molecule has 0 fully saturated rings. The number of rotatable bonds is 3. The van der Waals surface area contributed by atoms with Crippen LogP contribution in [0.25, 0.3) is 5.57 Å². The molecule has 0 N–H and O–H groups in total. The van der Waals surface area contributed by atoms with E-state index in [1.54, 1.807) is 29.2 Å². The third-order valence-corrected chi connectivity index (χ3v) is 4.82. The summed E-state index contributed by atoms with van der Waals surface area (Å²) in [5.41, 5.74) is 0.286. The van der Waals surface area contributed by atoms with Crippen molar-refractivity contribution in [3.63, 3.8) is 0 Å². The maximum Gasteiger partial charge on any atom is 0.416 e. The summed E-state index contributed by atoms with van der Waals surface area (Å²) in [6, 6.07) is 13.8. The highest BCUT2D eigenvalue weighted by atomic mass is 19.4. The van der Waals surface area contributed by atoms with E-state index in [1.165, 1.54) is 12.1 Å². The third kappa shape index (κ3) is 3.42. The topological polar surface area (TPSA) is 29.5 Å². The summed E-state index contributed by atoms with van der Waals surface area (Å²) in [4.78, 5) is 15.0. The molecule has 0 saturated heterocycles. The Labute approximate surface area is 160 Å². The Hall–Kier alpha value is -3.02. The predicted molar refractivity (Wildman–Crippen MR) is 98.7 cm³/mol. The van der Waals surface area contributed by atoms with E-state index in [2.05, 4.69) is 0 Å². The Kier molecular flexibility index (Phi) is 4.71. The molecule has 2 heterocycles. The first-order valence-electron chi connectivity index (χ1n) is 9.06. The van der Waals surface area contributed by atoms with Gasteiger partial charge in [-0.2, -0.15) is 13.2 Å². The van der Waals surface area contributed by atoms with Gasteiger partial charge in [0, 0.05) is 18.3 Å². The fourth-order valence-electron chi connectivity index (χ4n) is 3.46. The Bertz CT molecular complexity index is 948. The minimum Gasteiger partial charge on any atom is -0.462 e. The van der Waals surface area contributed by atoms with Gasteiger partial charge in [0.15, 0.2) is 6.10 Å². The highest BCUT2D eigenvalue weighted by molar-refractivity contribution is 6.25. The van der Waals surface area contributed by atoms with Crippen LogP contribution < -0.4 is 0 Å². The molecule has 0 aliphatic carbocycles. The number of hydrogen-bond donors (Lipinski definition) is 0. The summed E-state index contributed by atoms with van der Waals surface area (Å²) in [5.74, 6) is -0.0198. The van der Waals surface area contributed by atoms with Crippen molar-refractivity contribution in [3.05, 3.63) is 89.4 Å². The second kappa shape index (κ2) is 7.19. The van der Waals surface area contributed by atoms with Crippen LogP contribution in [-0.2, 0) is 15.7 Å². The second-order valence-electron chi connectivity index (χ2n) is 6.75. The molecule has 0 radical (unpaired) electrons. The van der Waals surface area contributed by atoms with E-state index in [-0.39, 0.29) is 16.9 Å². The molecule has 1 unspecified atom stereocenters. The number of hydrogen-bond acceptors (Lipinski definition) is 3. The molecule has 0 amide bonds. The van der Waals surface area contributed by atoms with Gasteiger partial charge in [-0.1, -0.05) is 48.5 Å². The van der Waals surface area contributed by atoms with Gasteiger partial charge in [-0.25, -0.2) is 0 Å². The van der Waals surface area contributed by atoms with Crippen LogP contribution in [0.15, 0.2) is 72.8 Å². The van der Waals surface area contributed by atoms with Crippen molar-refractivity contribution < 1.29 is 22.7 Å². The molecular formula is C22H18F3NO2. The number of allylic oxidation sites excluding steroid dienone is 1. The molecule has 6 heteroatoms. The predicted octanol–water partition coefficient (Wildman–Crippen LogP) is 5.32. The zero-order chi connectivity index (χ0) is 19.7. The quantitative estimate of drug-likeness (QED) is 0.716. The van der Waals surface area contributed by atoms with Crippen molar-refractivity contribution in [2.24, 2.45) is 0 Å². The van der Waals surface area contributed by atoms with E-state index in [0.717, 1.165) is 25.0 Å². The molecule has 4 rings (SSSR count). The molecule has 28 heavy (non-hydrogen) atoms. The number of alkyl halides is 3. The smallest absolute Gasteiger partial charge is 0.416 e. The summed E-state index contributed by atoms with van der Waals surface area (Å²) >= 11 is 0. The van der Waals surface area contributed by atoms with Gasteiger partial charge in [-0.05, 0) is 30.5 Å². The molecule has 144 valence electrons. The number of ketones is 1. The van der Waals surface area contributed by atoms with Crippen LogP contribution in [-0.4, -0.2) is 17.2 Å². The van der Waals surface area contributed by atoms with Crippen LogP contribution >= 0.6 is 0 Å². The maximum absolute atomic E-state index is 13.2. The van der Waals surface area contributed by atoms with Gasteiger partial charge in [0.05, 0.1) is 11.1 Å². The van der Waals surface area contributed by atoms with Crippen LogP contribution in [0, 0.1) is 0 Å². The van der Waals surface area contributed by atoms with Crippen molar-refractivity contribution in [3.8, 4) is 0 Å². The summed E-state index contributed by atoms with van der Waals surface area (Å²) in [5, 5.41) is 0. The first kappa shape index (κ1) is 18.3. The Morgan fingerprint density at radius 2 is 1.82 bits per heavy atom. The largest absolute Gasteiger partial charge is 0.462 e. The monoisotopic (exact) mass is 385 g/mol. The molecule has 2 aliphatic rings. The molecule has 3 nitrogen and oxygen atoms in total. The van der Waals surface area contributed by atoms with Crippen molar-refractivity contribution in [1.29, 1.82) is 0 Å². The lowest BCUT2D eigenvalue weighted by atomic mass is 9.95. The minimum absolute atomic E-state index is 0.187. The van der Waals surface area contributed by atoms with E-state index < -0.39 is 17.8 Å². The van der Waals surface area contributed by atoms with Crippen molar-refractivity contribution in [1.82, 2.24) is 4.90 Å². The van der Waals surface area contributed by atoms with Gasteiger partial charge in [-0.15, -0.1) is 0 Å². The zero-order valence-electron chi connectivity index (χ0n) is 14.9. The van der Waals surface area contributed by atoms with Gasteiger partial charge >= 0.3 is 6.18 Å². The lowest BCUT2D eigenvalue weighted by Crippen LogP contribution is -2.21. The molecule has 0 saturated carbocycles. The molecule has 0 bridgehead atoms. The summed E-state index contributed by atoms with van der Waals surface area (Å²) < 4.78 is 45.6. The lowest BCUT2D eigenvalue weighted by Gasteiger charge is -2.25. The van der Waals surface area contributed by atoms with E-state index >= 15 is 0 Å². The number of benzene rings is 2. The molecule has 0 spiro atoms. The van der Waals surface area contributed by atoms with Crippen LogP contribution in [0.4, 0.5) is 13.2 Å². The molecule has 1 atom stereocenters. The molecule has 2 aromatic rings. The van der Waals surface area contributed by atoms with Gasteiger partial charge in [0.2, 0.25) is 11.7 Å². The molecular weight excluding hydrogens is 367 g/mol. The number of Topliss-reactive ketones (excluding diaryl/α,β-unsaturated/α-hetero) is 1. The molecule has 2 aromatic carbocycles. The van der Waals surface area contributed by atoms with E-state index in [0.29, 0.717) is 18.0 Å². The Morgan fingerprint density at radius 1 is 1.04 bits per heavy atom. The average Bonchev–Trinajstić information content (AvgIpc) is 3.06. The van der Waals surface area contributed by atoms with Gasteiger partial charge in [-0.3, -0.25) is 4.79 Å². The third-order valence-electron chi connectivity index (χ3n) is 4.82. The maximum atomic E-state index is 13.2. The van der Waals surface area contributed by atoms with Crippen LogP contribution in [0.5, 0.6) is 0 Å². The zero-order valence-corrected chi connectivity index (χ0v) is 14.9. The van der Waals surface area contributed by atoms with Crippen molar-refractivity contribution in [2.45, 2.75) is 25.1 Å².